The van der Waals surface area contributed by atoms with Gasteiger partial charge >= 0.3 is 24.3 Å². The van der Waals surface area contributed by atoms with E-state index in [4.69, 9.17) is 36.7 Å². The summed E-state index contributed by atoms with van der Waals surface area (Å²) in [6, 6.07) is 11.0. The minimum atomic E-state index is -5.08. The zero-order chi connectivity index (χ0) is 35.0. The Morgan fingerprint density at radius 3 is 2.17 bits per heavy atom. The maximum atomic E-state index is 12.9. The largest absolute Gasteiger partial charge is 0.490 e. The van der Waals surface area contributed by atoms with Gasteiger partial charge in [-0.05, 0) is 36.2 Å². The number of aromatic nitrogens is 2. The van der Waals surface area contributed by atoms with Gasteiger partial charge in [-0.25, -0.2) is 28.0 Å². The highest BCUT2D eigenvalue weighted by molar-refractivity contribution is 7.91. The Bertz CT molecular complexity index is 1670. The summed E-state index contributed by atoms with van der Waals surface area (Å²) < 4.78 is 91.8. The molecule has 1 fully saturated rings. The van der Waals surface area contributed by atoms with Crippen LogP contribution in [0.5, 0.6) is 0 Å². The number of hydrogen-bond acceptors (Lipinski definition) is 10. The number of amides is 1. The van der Waals surface area contributed by atoms with Gasteiger partial charge in [-0.1, -0.05) is 18.2 Å². The summed E-state index contributed by atoms with van der Waals surface area (Å²) in [6.07, 6.45) is -8.30. The molecule has 3 heterocycles. The molecule has 250 valence electrons. The van der Waals surface area contributed by atoms with Crippen LogP contribution in [0.3, 0.4) is 0 Å². The second-order valence-electron chi connectivity index (χ2n) is 8.86. The molecule has 1 saturated heterocycles. The standard InChI is InChI=1S/C20H21N7O3S2.2C2HF3O2/c21-18(22)13-3-1-2-12(10-13)11-27-9-7-15(19(27)28)26-32(29,30)17-5-4-16(31-17)14-6-8-24-20(23)25-14;2*3-2(4,5)1(6)7/h1-6,8,10,15,26H,7,9,11H2,(H3,21,22)(H2,23,24,25);2*(H,6,7)/t15-;;/m0../s1. The number of likely N-dealkylation sites (tertiary alicyclic amines) is 1. The van der Waals surface area contributed by atoms with E-state index in [-0.39, 0.29) is 21.9 Å². The highest BCUT2D eigenvalue weighted by atomic mass is 32.2. The van der Waals surface area contributed by atoms with Gasteiger partial charge in [-0.15, -0.1) is 11.3 Å². The Morgan fingerprint density at radius 1 is 1.07 bits per heavy atom. The van der Waals surface area contributed by atoms with Gasteiger partial charge < -0.3 is 26.6 Å². The molecule has 0 unspecified atom stereocenters. The Balaban J connectivity index is 0.000000440. The number of nitrogens with two attached hydrogens (primary N) is 2. The van der Waals surface area contributed by atoms with Crippen LogP contribution < -0.4 is 16.2 Å². The number of amidine groups is 1. The lowest BCUT2D eigenvalue weighted by Crippen LogP contribution is -2.41. The molecule has 3 aromatic rings. The first-order valence-corrected chi connectivity index (χ1v) is 14.4. The zero-order valence-electron chi connectivity index (χ0n) is 22.8. The molecule has 4 rings (SSSR count). The van der Waals surface area contributed by atoms with E-state index < -0.39 is 40.4 Å². The highest BCUT2D eigenvalue weighted by Gasteiger charge is 2.39. The van der Waals surface area contributed by atoms with Crippen LogP contribution in [-0.4, -0.2) is 82.1 Å². The lowest BCUT2D eigenvalue weighted by atomic mass is 10.1. The number of alkyl halides is 6. The fraction of sp³-hybridized carbons (Fsp3) is 0.250. The van der Waals surface area contributed by atoms with Crippen LogP contribution in [0, 0.1) is 5.41 Å². The summed E-state index contributed by atoms with van der Waals surface area (Å²) in [4.78, 5) is 40.8. The van der Waals surface area contributed by atoms with Crippen LogP contribution in [0.25, 0.3) is 10.6 Å². The average molecular weight is 700 g/mol. The first-order valence-electron chi connectivity index (χ1n) is 12.1. The molecule has 0 spiro atoms. The molecule has 1 aliphatic heterocycles. The first kappa shape index (κ1) is 37.4. The van der Waals surface area contributed by atoms with Crippen LogP contribution in [0.1, 0.15) is 17.5 Å². The number of nitrogens with one attached hydrogen (secondary N) is 2. The Kier molecular flexibility index (Phi) is 12.2. The number of carbonyl (C=O) groups excluding carboxylic acids is 1. The first-order chi connectivity index (χ1) is 21.1. The quantitative estimate of drug-likeness (QED) is 0.119. The minimum absolute atomic E-state index is 0.0507. The van der Waals surface area contributed by atoms with E-state index in [0.29, 0.717) is 35.6 Å². The Morgan fingerprint density at radius 2 is 1.65 bits per heavy atom. The SMILES string of the molecule is N=C(N)c1cccc(CN2CC[C@H](NS(=O)(=O)c3ccc(-c4ccnc(N)n4)s3)C2=O)c1.O=C(O)C(F)(F)F.O=C(O)C(F)(F)F. The van der Waals surface area contributed by atoms with Crippen molar-refractivity contribution in [1.82, 2.24) is 19.6 Å². The van der Waals surface area contributed by atoms with Crippen molar-refractivity contribution in [2.24, 2.45) is 5.73 Å². The number of nitrogens with zero attached hydrogens (tertiary/aromatic N) is 3. The third-order valence-electron chi connectivity index (χ3n) is 5.46. The molecule has 2 aromatic heterocycles. The molecule has 0 aliphatic carbocycles. The highest BCUT2D eigenvalue weighted by Crippen LogP contribution is 2.30. The van der Waals surface area contributed by atoms with Crippen LogP contribution in [0.4, 0.5) is 32.3 Å². The van der Waals surface area contributed by atoms with E-state index >= 15 is 0 Å². The summed E-state index contributed by atoms with van der Waals surface area (Å²) in [5, 5.41) is 21.8. The smallest absolute Gasteiger partial charge is 0.475 e. The predicted octanol–water partition coefficient (Wildman–Crippen LogP) is 2.42. The minimum Gasteiger partial charge on any atom is -0.475 e. The van der Waals surface area contributed by atoms with Crippen LogP contribution in [-0.2, 0) is 31.0 Å². The third-order valence-corrected chi connectivity index (χ3v) is 8.54. The summed E-state index contributed by atoms with van der Waals surface area (Å²) in [7, 11) is -3.89. The maximum absolute atomic E-state index is 12.9. The van der Waals surface area contributed by atoms with Crippen molar-refractivity contribution >= 4 is 51.0 Å². The number of hydrogen-bond donors (Lipinski definition) is 6. The van der Waals surface area contributed by atoms with Crippen LogP contribution >= 0.6 is 11.3 Å². The maximum Gasteiger partial charge on any atom is 0.490 e. The number of benzene rings is 1. The molecular formula is C24H23F6N7O7S2. The number of anilines is 1. The Hall–Kier alpha value is -4.83. The van der Waals surface area contributed by atoms with Gasteiger partial charge in [0.1, 0.15) is 16.1 Å². The molecule has 8 N–H and O–H groups in total. The molecule has 1 atom stereocenters. The van der Waals surface area contributed by atoms with E-state index in [2.05, 4.69) is 14.7 Å². The molecule has 1 aliphatic rings. The lowest BCUT2D eigenvalue weighted by molar-refractivity contribution is -0.193. The third kappa shape index (κ3) is 11.0. The number of nitrogen functional groups attached to an aromatic ring is 2. The van der Waals surface area contributed by atoms with Gasteiger partial charge in [0.25, 0.3) is 10.0 Å². The van der Waals surface area contributed by atoms with Crippen LogP contribution in [0.15, 0.2) is 52.9 Å². The fourth-order valence-electron chi connectivity index (χ4n) is 3.42. The van der Waals surface area contributed by atoms with Crippen molar-refractivity contribution in [3.05, 3.63) is 59.8 Å². The molecule has 14 nitrogen and oxygen atoms in total. The average Bonchev–Trinajstić information content (AvgIpc) is 3.57. The lowest BCUT2D eigenvalue weighted by Gasteiger charge is -2.17. The molecule has 22 heteroatoms. The van der Waals surface area contributed by atoms with Crippen molar-refractivity contribution in [2.45, 2.75) is 35.6 Å². The molecular weight excluding hydrogens is 676 g/mol. The van der Waals surface area contributed by atoms with E-state index in [1.165, 1.54) is 12.3 Å². The monoisotopic (exact) mass is 699 g/mol. The van der Waals surface area contributed by atoms with E-state index in [1.54, 1.807) is 35.2 Å². The van der Waals surface area contributed by atoms with E-state index in [9.17, 15) is 39.6 Å². The second-order valence-corrected chi connectivity index (χ2v) is 11.9. The van der Waals surface area contributed by atoms with Crippen molar-refractivity contribution < 1.29 is 59.4 Å². The van der Waals surface area contributed by atoms with Gasteiger partial charge in [0, 0.05) is 24.8 Å². The molecule has 0 radical (unpaired) electrons. The molecule has 0 saturated carbocycles. The number of sulfonamides is 1. The number of carboxylic acid groups (broad SMARTS) is 2. The molecule has 0 bridgehead atoms. The normalized spacial score (nSPS) is 14.9. The van der Waals surface area contributed by atoms with Crippen molar-refractivity contribution in [3.63, 3.8) is 0 Å². The van der Waals surface area contributed by atoms with Gasteiger partial charge in [-0.3, -0.25) is 10.2 Å². The summed E-state index contributed by atoms with van der Waals surface area (Å²) in [6.45, 7) is 0.739. The summed E-state index contributed by atoms with van der Waals surface area (Å²) >= 11 is 1.04. The number of carboxylic acids is 2. The van der Waals surface area contributed by atoms with Gasteiger partial charge in [-0.2, -0.15) is 31.1 Å². The van der Waals surface area contributed by atoms with Gasteiger partial charge in [0.15, 0.2) is 0 Å². The van der Waals surface area contributed by atoms with Crippen molar-refractivity contribution in [2.75, 3.05) is 12.3 Å². The second kappa shape index (κ2) is 15.0. The Labute approximate surface area is 259 Å². The van der Waals surface area contributed by atoms with Gasteiger partial charge in [0.05, 0.1) is 10.6 Å². The topological polar surface area (TPSA) is 243 Å². The number of aliphatic carboxylic acids is 2. The number of carbonyl (C=O) groups is 3. The molecule has 1 amide bonds. The number of thiophene rings is 1. The number of halogens is 6. The van der Waals surface area contributed by atoms with E-state index in [0.717, 1.165) is 16.9 Å². The van der Waals surface area contributed by atoms with Gasteiger partial charge in [0.2, 0.25) is 11.9 Å². The zero-order valence-corrected chi connectivity index (χ0v) is 24.5. The van der Waals surface area contributed by atoms with Crippen molar-refractivity contribution in [1.29, 1.82) is 5.41 Å². The fourth-order valence-corrected chi connectivity index (χ4v) is 5.94. The summed E-state index contributed by atoms with van der Waals surface area (Å²) in [5.74, 6) is -5.75. The van der Waals surface area contributed by atoms with Crippen molar-refractivity contribution in [3.8, 4) is 10.6 Å². The molecule has 46 heavy (non-hydrogen) atoms. The predicted molar refractivity (Wildman–Crippen MR) is 149 cm³/mol. The van der Waals surface area contributed by atoms with Crippen LogP contribution in [0.2, 0.25) is 0 Å². The van der Waals surface area contributed by atoms with E-state index in [1.807, 2.05) is 6.07 Å². The summed E-state index contributed by atoms with van der Waals surface area (Å²) in [5.41, 5.74) is 13.0. The number of rotatable bonds is 7. The molecule has 1 aromatic carbocycles.